The molecule has 5 heteroatoms. The Labute approximate surface area is 115 Å². The molecule has 19 heavy (non-hydrogen) atoms. The van der Waals surface area contributed by atoms with Crippen LogP contribution in [0.15, 0.2) is 0 Å². The van der Waals surface area contributed by atoms with Crippen LogP contribution in [0.5, 0.6) is 0 Å². The largest absolute Gasteiger partial charge is 0.393 e. The maximum Gasteiger partial charge on any atom is 0.224 e. The van der Waals surface area contributed by atoms with E-state index in [0.717, 1.165) is 32.1 Å². The standard InChI is InChI=1S/C14H26N2O3/c1-11-5-3-6-12(17)7-4-10-16(2)13(18)8-9-15-14(11)19/h11-12,17H,3-10H2,1-2H3,(H,15,19)/t11-,12+/m1/s1. The lowest BCUT2D eigenvalue weighted by atomic mass is 9.99. The molecule has 1 saturated heterocycles. The summed E-state index contributed by atoms with van der Waals surface area (Å²) in [5.41, 5.74) is 0. The Balaban J connectivity index is 2.52. The van der Waals surface area contributed by atoms with Gasteiger partial charge in [0, 0.05) is 32.5 Å². The fourth-order valence-electron chi connectivity index (χ4n) is 2.28. The van der Waals surface area contributed by atoms with Crippen molar-refractivity contribution in [3.05, 3.63) is 0 Å². The molecule has 1 rings (SSSR count). The minimum absolute atomic E-state index is 0.00185. The Morgan fingerprint density at radius 3 is 2.63 bits per heavy atom. The van der Waals surface area contributed by atoms with Gasteiger partial charge < -0.3 is 15.3 Å². The summed E-state index contributed by atoms with van der Waals surface area (Å²) < 4.78 is 0. The Hall–Kier alpha value is -1.10. The van der Waals surface area contributed by atoms with Crippen LogP contribution >= 0.6 is 0 Å². The van der Waals surface area contributed by atoms with E-state index in [2.05, 4.69) is 5.32 Å². The first-order valence-electron chi connectivity index (χ1n) is 7.20. The number of hydrogen-bond acceptors (Lipinski definition) is 3. The van der Waals surface area contributed by atoms with Crippen molar-refractivity contribution in [1.29, 1.82) is 0 Å². The van der Waals surface area contributed by atoms with Gasteiger partial charge in [0.25, 0.3) is 0 Å². The van der Waals surface area contributed by atoms with E-state index in [1.54, 1.807) is 11.9 Å². The topological polar surface area (TPSA) is 69.6 Å². The van der Waals surface area contributed by atoms with Crippen LogP contribution < -0.4 is 5.32 Å². The lowest BCUT2D eigenvalue weighted by molar-refractivity contribution is -0.130. The van der Waals surface area contributed by atoms with Crippen LogP contribution in [0.1, 0.15) is 45.4 Å². The minimum Gasteiger partial charge on any atom is -0.393 e. The SMILES string of the molecule is C[C@@H]1CCC[C@H](O)CCCN(C)C(=O)CCNC1=O. The second-order valence-electron chi connectivity index (χ2n) is 5.48. The van der Waals surface area contributed by atoms with E-state index in [4.69, 9.17) is 0 Å². The molecule has 110 valence electrons. The van der Waals surface area contributed by atoms with Gasteiger partial charge in [-0.05, 0) is 25.7 Å². The van der Waals surface area contributed by atoms with Gasteiger partial charge in [0.1, 0.15) is 0 Å². The van der Waals surface area contributed by atoms with E-state index < -0.39 is 0 Å². The van der Waals surface area contributed by atoms with Crippen LogP contribution in [-0.2, 0) is 9.59 Å². The molecule has 0 radical (unpaired) electrons. The number of carbonyl (C=O) groups is 2. The average molecular weight is 270 g/mol. The molecular formula is C14H26N2O3. The van der Waals surface area contributed by atoms with Gasteiger partial charge >= 0.3 is 0 Å². The summed E-state index contributed by atoms with van der Waals surface area (Å²) in [6.45, 7) is 2.97. The Kier molecular flexibility index (Phi) is 6.84. The molecule has 0 aromatic rings. The summed E-state index contributed by atoms with van der Waals surface area (Å²) in [6.07, 6.45) is 3.96. The first kappa shape index (κ1) is 16.0. The molecule has 1 fully saturated rings. The molecule has 5 nitrogen and oxygen atoms in total. The van der Waals surface area contributed by atoms with E-state index in [1.165, 1.54) is 0 Å². The summed E-state index contributed by atoms with van der Waals surface area (Å²) in [4.78, 5) is 25.2. The fraction of sp³-hybridized carbons (Fsp3) is 0.857. The van der Waals surface area contributed by atoms with Gasteiger partial charge in [-0.1, -0.05) is 13.3 Å². The zero-order valence-corrected chi connectivity index (χ0v) is 12.0. The van der Waals surface area contributed by atoms with Crippen LogP contribution in [0.25, 0.3) is 0 Å². The highest BCUT2D eigenvalue weighted by Gasteiger charge is 2.16. The molecule has 0 saturated carbocycles. The summed E-state index contributed by atoms with van der Waals surface area (Å²) in [5.74, 6) is -0.00974. The molecule has 1 aliphatic rings. The first-order chi connectivity index (χ1) is 9.00. The van der Waals surface area contributed by atoms with E-state index in [0.29, 0.717) is 19.5 Å². The fourth-order valence-corrected chi connectivity index (χ4v) is 2.28. The first-order valence-corrected chi connectivity index (χ1v) is 7.20. The normalized spacial score (nSPS) is 28.7. The highest BCUT2D eigenvalue weighted by molar-refractivity contribution is 5.80. The van der Waals surface area contributed by atoms with Crippen LogP contribution in [0.4, 0.5) is 0 Å². The van der Waals surface area contributed by atoms with Crippen molar-refractivity contribution in [3.63, 3.8) is 0 Å². The van der Waals surface area contributed by atoms with Crippen molar-refractivity contribution in [2.45, 2.75) is 51.6 Å². The Bertz CT molecular complexity index is 279. The highest BCUT2D eigenvalue weighted by atomic mass is 16.3. The van der Waals surface area contributed by atoms with Crippen molar-refractivity contribution in [2.24, 2.45) is 5.92 Å². The van der Waals surface area contributed by atoms with E-state index in [9.17, 15) is 14.7 Å². The van der Waals surface area contributed by atoms with Crippen molar-refractivity contribution < 1.29 is 14.7 Å². The third-order valence-corrected chi connectivity index (χ3v) is 3.72. The van der Waals surface area contributed by atoms with Gasteiger partial charge in [-0.25, -0.2) is 0 Å². The monoisotopic (exact) mass is 270 g/mol. The van der Waals surface area contributed by atoms with Gasteiger partial charge in [0.05, 0.1) is 6.10 Å². The molecule has 2 atom stereocenters. The molecule has 2 N–H and O–H groups in total. The number of carbonyl (C=O) groups excluding carboxylic acids is 2. The minimum atomic E-state index is -0.318. The second-order valence-corrected chi connectivity index (χ2v) is 5.48. The Morgan fingerprint density at radius 2 is 1.89 bits per heavy atom. The van der Waals surface area contributed by atoms with Crippen LogP contribution in [0.3, 0.4) is 0 Å². The molecule has 0 unspecified atom stereocenters. The zero-order valence-electron chi connectivity index (χ0n) is 12.0. The number of hydrogen-bond donors (Lipinski definition) is 2. The average Bonchev–Trinajstić information content (AvgIpc) is 2.37. The number of nitrogens with zero attached hydrogens (tertiary/aromatic N) is 1. The maximum atomic E-state index is 11.8. The van der Waals surface area contributed by atoms with Gasteiger partial charge in [-0.15, -0.1) is 0 Å². The summed E-state index contributed by atoms with van der Waals surface area (Å²) in [7, 11) is 1.77. The number of amides is 2. The summed E-state index contributed by atoms with van der Waals surface area (Å²) >= 11 is 0. The Morgan fingerprint density at radius 1 is 1.21 bits per heavy atom. The van der Waals surface area contributed by atoms with Gasteiger partial charge in [-0.3, -0.25) is 9.59 Å². The van der Waals surface area contributed by atoms with Crippen molar-refractivity contribution in [2.75, 3.05) is 20.1 Å². The highest BCUT2D eigenvalue weighted by Crippen LogP contribution is 2.13. The summed E-state index contributed by atoms with van der Waals surface area (Å²) in [6, 6.07) is 0. The molecule has 0 aromatic carbocycles. The molecule has 0 bridgehead atoms. The smallest absolute Gasteiger partial charge is 0.224 e. The van der Waals surface area contributed by atoms with E-state index >= 15 is 0 Å². The third kappa shape index (κ3) is 6.05. The molecule has 1 heterocycles. The van der Waals surface area contributed by atoms with Crippen molar-refractivity contribution in [3.8, 4) is 0 Å². The summed E-state index contributed by atoms with van der Waals surface area (Å²) in [5, 5.41) is 12.6. The number of nitrogens with one attached hydrogen (secondary N) is 1. The lowest BCUT2D eigenvalue weighted by Gasteiger charge is -2.20. The molecule has 1 aliphatic heterocycles. The number of aliphatic hydroxyl groups excluding tert-OH is 1. The van der Waals surface area contributed by atoms with E-state index in [-0.39, 0.29) is 23.8 Å². The van der Waals surface area contributed by atoms with Gasteiger partial charge in [0.15, 0.2) is 0 Å². The van der Waals surface area contributed by atoms with Gasteiger partial charge in [-0.2, -0.15) is 0 Å². The predicted octanol–water partition coefficient (Wildman–Crippen LogP) is 0.912. The molecule has 2 amide bonds. The molecule has 0 aromatic heterocycles. The van der Waals surface area contributed by atoms with Crippen molar-refractivity contribution >= 4 is 11.8 Å². The van der Waals surface area contributed by atoms with Crippen LogP contribution in [0, 0.1) is 5.92 Å². The maximum absolute atomic E-state index is 11.8. The third-order valence-electron chi connectivity index (χ3n) is 3.72. The quantitative estimate of drug-likeness (QED) is 0.687. The van der Waals surface area contributed by atoms with Crippen molar-refractivity contribution in [1.82, 2.24) is 10.2 Å². The van der Waals surface area contributed by atoms with Gasteiger partial charge in [0.2, 0.25) is 11.8 Å². The predicted molar refractivity (Wildman–Crippen MR) is 73.5 cm³/mol. The second kappa shape index (κ2) is 8.15. The number of aliphatic hydroxyl groups is 1. The zero-order chi connectivity index (χ0) is 14.3. The number of rotatable bonds is 0. The van der Waals surface area contributed by atoms with E-state index in [1.807, 2.05) is 6.92 Å². The molecule has 0 spiro atoms. The lowest BCUT2D eigenvalue weighted by Crippen LogP contribution is -2.35. The van der Waals surface area contributed by atoms with Crippen LogP contribution in [-0.4, -0.2) is 48.1 Å². The van der Waals surface area contributed by atoms with Crippen LogP contribution in [0.2, 0.25) is 0 Å². The molecular weight excluding hydrogens is 244 g/mol. The molecule has 0 aliphatic carbocycles.